The van der Waals surface area contributed by atoms with Crippen LogP contribution in [0, 0.1) is 5.82 Å². The van der Waals surface area contributed by atoms with Gasteiger partial charge in [0.15, 0.2) is 0 Å². The Kier molecular flexibility index (Phi) is 7.16. The van der Waals surface area contributed by atoms with Gasteiger partial charge < -0.3 is 10.1 Å². The fourth-order valence-electron chi connectivity index (χ4n) is 4.19. The molecular formula is C24H27F3N4O3S. The fourth-order valence-corrected chi connectivity index (χ4v) is 5.58. The Morgan fingerprint density at radius 3 is 2.60 bits per heavy atom. The molecule has 188 valence electrons. The lowest BCUT2D eigenvalue weighted by molar-refractivity contribution is 0.0818. The average Bonchev–Trinajstić information content (AvgIpc) is 3.08. The van der Waals surface area contributed by atoms with E-state index in [4.69, 9.17) is 4.74 Å². The Labute approximate surface area is 204 Å². The van der Waals surface area contributed by atoms with Crippen molar-refractivity contribution in [3.8, 4) is 11.6 Å². The highest BCUT2D eigenvalue weighted by atomic mass is 32.2. The molecule has 0 aliphatic carbocycles. The van der Waals surface area contributed by atoms with Crippen LogP contribution in [0.25, 0.3) is 16.9 Å². The molecule has 0 bridgehead atoms. The van der Waals surface area contributed by atoms with Gasteiger partial charge in [0.25, 0.3) is 12.3 Å². The van der Waals surface area contributed by atoms with Crippen LogP contribution in [0.15, 0.2) is 35.3 Å². The van der Waals surface area contributed by atoms with Crippen LogP contribution in [-0.4, -0.2) is 50.1 Å². The molecule has 0 atom stereocenters. The first-order valence-electron chi connectivity index (χ1n) is 11.3. The Hall–Kier alpha value is -2.95. The third-order valence-corrected chi connectivity index (χ3v) is 7.04. The highest BCUT2D eigenvalue weighted by molar-refractivity contribution is 7.99. The number of amides is 1. The molecule has 0 unspecified atom stereocenters. The van der Waals surface area contributed by atoms with Crippen LogP contribution in [-0.2, 0) is 0 Å². The zero-order chi connectivity index (χ0) is 25.3. The molecule has 1 amide bonds. The molecule has 1 aliphatic heterocycles. The van der Waals surface area contributed by atoms with Gasteiger partial charge in [0.05, 0.1) is 16.6 Å². The van der Waals surface area contributed by atoms with E-state index in [0.717, 1.165) is 30.4 Å². The van der Waals surface area contributed by atoms with Crippen LogP contribution in [0.2, 0.25) is 0 Å². The number of nitrogens with zero attached hydrogens (tertiary/aromatic N) is 3. The van der Waals surface area contributed by atoms with Gasteiger partial charge in [-0.3, -0.25) is 9.36 Å². The first kappa shape index (κ1) is 25.2. The maximum atomic E-state index is 15.3. The largest absolute Gasteiger partial charge is 0.487 e. The quantitative estimate of drug-likeness (QED) is 0.506. The van der Waals surface area contributed by atoms with Crippen molar-refractivity contribution in [2.24, 2.45) is 0 Å². The van der Waals surface area contributed by atoms with Crippen molar-refractivity contribution in [1.29, 1.82) is 0 Å². The van der Waals surface area contributed by atoms with Crippen LogP contribution in [0.4, 0.5) is 13.2 Å². The van der Waals surface area contributed by atoms with Crippen molar-refractivity contribution in [1.82, 2.24) is 19.4 Å². The molecule has 1 aromatic carbocycles. The first-order valence-corrected chi connectivity index (χ1v) is 12.5. The van der Waals surface area contributed by atoms with Crippen LogP contribution in [0.3, 0.4) is 0 Å². The number of fused-ring (bicyclic) bond motifs is 1. The van der Waals surface area contributed by atoms with Gasteiger partial charge >= 0.3 is 5.69 Å². The van der Waals surface area contributed by atoms with Crippen LogP contribution in [0.1, 0.15) is 50.0 Å². The van der Waals surface area contributed by atoms with E-state index < -0.39 is 36.0 Å². The van der Waals surface area contributed by atoms with E-state index in [2.05, 4.69) is 10.3 Å². The van der Waals surface area contributed by atoms with Crippen LogP contribution in [0.5, 0.6) is 5.75 Å². The number of alkyl halides is 2. The molecule has 35 heavy (non-hydrogen) atoms. The lowest BCUT2D eigenvalue weighted by atomic mass is 9.94. The van der Waals surface area contributed by atoms with E-state index >= 15 is 4.39 Å². The number of rotatable bonds is 7. The smallest absolute Gasteiger partial charge is 0.335 e. The van der Waals surface area contributed by atoms with Crippen LogP contribution >= 0.6 is 11.8 Å². The molecule has 2 aromatic heterocycles. The Morgan fingerprint density at radius 1 is 1.23 bits per heavy atom. The van der Waals surface area contributed by atoms with Crippen molar-refractivity contribution in [3.05, 3.63) is 52.3 Å². The highest BCUT2D eigenvalue weighted by Crippen LogP contribution is 2.29. The van der Waals surface area contributed by atoms with Crippen molar-refractivity contribution in [3.63, 3.8) is 0 Å². The normalized spacial score (nSPS) is 15.7. The van der Waals surface area contributed by atoms with Gasteiger partial charge in [-0.2, -0.15) is 11.8 Å². The summed E-state index contributed by atoms with van der Waals surface area (Å²) in [6.45, 7) is 4.74. The predicted octanol–water partition coefficient (Wildman–Crippen LogP) is 4.57. The van der Waals surface area contributed by atoms with Gasteiger partial charge in [-0.1, -0.05) is 0 Å². The third kappa shape index (κ3) is 5.19. The summed E-state index contributed by atoms with van der Waals surface area (Å²) in [5, 5.41) is 2.97. The molecule has 3 aromatic rings. The second-order valence-electron chi connectivity index (χ2n) is 9.08. The number of hydrogen-bond acceptors (Lipinski definition) is 5. The highest BCUT2D eigenvalue weighted by Gasteiger charge is 2.30. The first-order chi connectivity index (χ1) is 16.6. The van der Waals surface area contributed by atoms with Gasteiger partial charge in [-0.15, -0.1) is 0 Å². The van der Waals surface area contributed by atoms with Crippen molar-refractivity contribution < 1.29 is 22.7 Å². The summed E-state index contributed by atoms with van der Waals surface area (Å²) in [6.07, 6.45) is 0.236. The van der Waals surface area contributed by atoms with E-state index in [9.17, 15) is 18.4 Å². The number of carbonyl (C=O) groups excluding carboxylic acids is 1. The van der Waals surface area contributed by atoms with E-state index in [-0.39, 0.29) is 28.7 Å². The van der Waals surface area contributed by atoms with Gasteiger partial charge in [-0.05, 0) is 57.3 Å². The molecule has 3 heterocycles. The molecule has 1 fully saturated rings. The molecule has 11 heteroatoms. The molecule has 1 saturated heterocycles. The number of benzene rings is 1. The zero-order valence-electron chi connectivity index (χ0n) is 19.7. The number of ether oxygens (including phenoxy) is 1. The average molecular weight is 509 g/mol. The van der Waals surface area contributed by atoms with Crippen molar-refractivity contribution >= 4 is 28.7 Å². The number of thioether (sulfide) groups is 1. The Bertz CT molecular complexity index is 1300. The molecule has 0 saturated carbocycles. The maximum absolute atomic E-state index is 15.3. The number of imidazole rings is 1. The number of nitrogens with one attached hydrogen (secondary N) is 1. The number of halogens is 3. The second kappa shape index (κ2) is 9.96. The molecule has 1 aliphatic rings. The van der Waals surface area contributed by atoms with Gasteiger partial charge in [0.1, 0.15) is 24.0 Å². The SMILES string of the molecule is CC(C)n1c(=O)n(-c2cc(OCC(F)F)ccn2)c2cc(F)c(C(=O)NC3(C)CCSCC3)cc21. The van der Waals surface area contributed by atoms with Gasteiger partial charge in [0, 0.05) is 29.9 Å². The summed E-state index contributed by atoms with van der Waals surface area (Å²) in [7, 11) is 0. The lowest BCUT2D eigenvalue weighted by Crippen LogP contribution is -2.48. The summed E-state index contributed by atoms with van der Waals surface area (Å²) in [5.74, 6) is 0.721. The standard InChI is InChI=1S/C24H27F3N4O3S/c1-14(2)30-18-11-16(22(32)29-24(3)5-8-35-9-6-24)17(25)12-19(18)31(23(30)33)21-10-15(4-7-28-21)34-13-20(26)27/h4,7,10-12,14,20H,5-6,8-9,13H2,1-3H3,(H,29,32). The van der Waals surface area contributed by atoms with E-state index in [1.54, 1.807) is 13.8 Å². The lowest BCUT2D eigenvalue weighted by Gasteiger charge is -2.34. The second-order valence-corrected chi connectivity index (χ2v) is 10.3. The number of carbonyl (C=O) groups is 1. The van der Waals surface area contributed by atoms with E-state index in [1.807, 2.05) is 18.7 Å². The minimum Gasteiger partial charge on any atom is -0.487 e. The van der Waals surface area contributed by atoms with Crippen molar-refractivity contribution in [2.45, 2.75) is 51.6 Å². The molecule has 0 spiro atoms. The molecule has 0 radical (unpaired) electrons. The molecule has 1 N–H and O–H groups in total. The van der Waals surface area contributed by atoms with Crippen LogP contribution < -0.4 is 15.7 Å². The summed E-state index contributed by atoms with van der Waals surface area (Å²) < 4.78 is 48.0. The number of hydrogen-bond donors (Lipinski definition) is 1. The maximum Gasteiger partial charge on any atom is 0.335 e. The monoisotopic (exact) mass is 508 g/mol. The summed E-state index contributed by atoms with van der Waals surface area (Å²) >= 11 is 1.82. The molecule has 4 rings (SSSR count). The van der Waals surface area contributed by atoms with Crippen molar-refractivity contribution in [2.75, 3.05) is 18.1 Å². The number of aromatic nitrogens is 3. The Morgan fingerprint density at radius 2 is 1.94 bits per heavy atom. The molecular weight excluding hydrogens is 481 g/mol. The summed E-state index contributed by atoms with van der Waals surface area (Å²) in [5.41, 5.74) is -0.499. The summed E-state index contributed by atoms with van der Waals surface area (Å²) in [6, 6.07) is 4.95. The zero-order valence-corrected chi connectivity index (χ0v) is 20.5. The Balaban J connectivity index is 1.79. The van der Waals surface area contributed by atoms with E-state index in [0.29, 0.717) is 5.52 Å². The minimum absolute atomic E-state index is 0.0926. The summed E-state index contributed by atoms with van der Waals surface area (Å²) in [4.78, 5) is 30.6. The van der Waals surface area contributed by atoms with Gasteiger partial charge in [0.2, 0.25) is 0 Å². The van der Waals surface area contributed by atoms with E-state index in [1.165, 1.54) is 33.5 Å². The van der Waals surface area contributed by atoms with Gasteiger partial charge in [-0.25, -0.2) is 27.5 Å². The predicted molar refractivity (Wildman–Crippen MR) is 130 cm³/mol. The fraction of sp³-hybridized carbons (Fsp3) is 0.458. The minimum atomic E-state index is -2.66. The third-order valence-electron chi connectivity index (χ3n) is 6.06. The number of pyridine rings is 1. The topological polar surface area (TPSA) is 78.2 Å². The molecule has 7 nitrogen and oxygen atoms in total.